The third-order valence-electron chi connectivity index (χ3n) is 5.07. The number of hydrogen-bond donors (Lipinski definition) is 1. The van der Waals surface area contributed by atoms with Gasteiger partial charge in [0.05, 0.1) is 6.61 Å². The Morgan fingerprint density at radius 3 is 2.54 bits per heavy atom. The number of benzene rings is 1. The van der Waals surface area contributed by atoms with Gasteiger partial charge >= 0.3 is 0 Å². The third-order valence-corrected chi connectivity index (χ3v) is 5.07. The van der Waals surface area contributed by atoms with Crippen molar-refractivity contribution in [2.45, 2.75) is 52.4 Å². The number of hydrogen-bond acceptors (Lipinski definition) is 4. The molecule has 0 aromatic heterocycles. The Hall–Kier alpha value is -2.08. The summed E-state index contributed by atoms with van der Waals surface area (Å²) in [6, 6.07) is 7.57. The average Bonchev–Trinajstić information content (AvgIpc) is 2.93. The van der Waals surface area contributed by atoms with Crippen LogP contribution in [0.1, 0.15) is 52.4 Å². The van der Waals surface area contributed by atoms with Gasteiger partial charge < -0.3 is 19.9 Å². The van der Waals surface area contributed by atoms with Crippen molar-refractivity contribution in [1.29, 1.82) is 0 Å². The molecular formula is C22H35N3O3. The number of unbranched alkanes of at least 4 members (excludes halogenated alkanes) is 2. The van der Waals surface area contributed by atoms with Gasteiger partial charge in [-0.3, -0.25) is 9.59 Å². The largest absolute Gasteiger partial charge is 0.494 e. The highest BCUT2D eigenvalue weighted by Crippen LogP contribution is 2.16. The highest BCUT2D eigenvalue weighted by molar-refractivity contribution is 5.90. The molecule has 1 saturated heterocycles. The van der Waals surface area contributed by atoms with Gasteiger partial charge in [-0.25, -0.2) is 0 Å². The van der Waals surface area contributed by atoms with Gasteiger partial charge in [0.15, 0.2) is 0 Å². The number of amides is 2. The molecule has 6 heteroatoms. The molecule has 28 heavy (non-hydrogen) atoms. The van der Waals surface area contributed by atoms with E-state index in [2.05, 4.69) is 17.1 Å². The van der Waals surface area contributed by atoms with Crippen LogP contribution in [0.25, 0.3) is 0 Å². The van der Waals surface area contributed by atoms with E-state index in [9.17, 15) is 9.59 Å². The van der Waals surface area contributed by atoms with Crippen molar-refractivity contribution in [1.82, 2.24) is 9.80 Å². The van der Waals surface area contributed by atoms with E-state index >= 15 is 0 Å². The molecule has 0 aliphatic carbocycles. The molecule has 1 heterocycles. The molecule has 1 aliphatic heterocycles. The zero-order valence-electron chi connectivity index (χ0n) is 17.4. The Balaban J connectivity index is 1.60. The van der Waals surface area contributed by atoms with Crippen LogP contribution in [0, 0.1) is 0 Å². The van der Waals surface area contributed by atoms with E-state index in [-0.39, 0.29) is 11.8 Å². The van der Waals surface area contributed by atoms with Crippen LogP contribution in [-0.4, -0.2) is 60.9 Å². The maximum absolute atomic E-state index is 12.1. The molecular weight excluding hydrogens is 354 g/mol. The maximum Gasteiger partial charge on any atom is 0.224 e. The van der Waals surface area contributed by atoms with Crippen molar-refractivity contribution < 1.29 is 14.3 Å². The van der Waals surface area contributed by atoms with Crippen LogP contribution in [0.4, 0.5) is 5.69 Å². The van der Waals surface area contributed by atoms with E-state index in [0.29, 0.717) is 6.42 Å². The molecule has 1 fully saturated rings. The lowest BCUT2D eigenvalue weighted by Gasteiger charge is -2.20. The van der Waals surface area contributed by atoms with Crippen molar-refractivity contribution in [2.24, 2.45) is 0 Å². The van der Waals surface area contributed by atoms with Crippen LogP contribution in [0.2, 0.25) is 0 Å². The standard InChI is InChI=1S/C22H35N3O3/c1-3-4-18-28-21-11-9-20(10-12-21)23-22(27)8-5-6-13-24-14-7-15-25(17-16-24)19(2)26/h9-12H,3-8,13-18H2,1-2H3,(H,23,27). The zero-order chi connectivity index (χ0) is 20.2. The number of carbonyl (C=O) groups excluding carboxylic acids is 2. The molecule has 1 aromatic rings. The predicted molar refractivity (Wildman–Crippen MR) is 113 cm³/mol. The van der Waals surface area contributed by atoms with Crippen molar-refractivity contribution in [3.8, 4) is 5.75 Å². The summed E-state index contributed by atoms with van der Waals surface area (Å²) in [6.07, 6.45) is 5.59. The van der Waals surface area contributed by atoms with E-state index in [1.807, 2.05) is 29.2 Å². The number of anilines is 1. The second-order valence-corrected chi connectivity index (χ2v) is 7.43. The number of nitrogens with one attached hydrogen (secondary N) is 1. The predicted octanol–water partition coefficient (Wildman–Crippen LogP) is 3.53. The lowest BCUT2D eigenvalue weighted by molar-refractivity contribution is -0.128. The van der Waals surface area contributed by atoms with Gasteiger partial charge in [0.25, 0.3) is 0 Å². The fourth-order valence-corrected chi connectivity index (χ4v) is 3.32. The normalized spacial score (nSPS) is 15.1. The van der Waals surface area contributed by atoms with Crippen LogP contribution in [-0.2, 0) is 9.59 Å². The Morgan fingerprint density at radius 2 is 1.82 bits per heavy atom. The van der Waals surface area contributed by atoms with Crippen LogP contribution < -0.4 is 10.1 Å². The Bertz CT molecular complexity index is 604. The SMILES string of the molecule is CCCCOc1ccc(NC(=O)CCCCN2CCCN(C(C)=O)CC2)cc1. The van der Waals surface area contributed by atoms with Crippen molar-refractivity contribution in [2.75, 3.05) is 44.6 Å². The molecule has 6 nitrogen and oxygen atoms in total. The molecule has 1 aromatic carbocycles. The first-order valence-electron chi connectivity index (χ1n) is 10.6. The van der Waals surface area contributed by atoms with E-state index in [1.54, 1.807) is 6.92 Å². The Morgan fingerprint density at radius 1 is 1.04 bits per heavy atom. The quantitative estimate of drug-likeness (QED) is 0.622. The van der Waals surface area contributed by atoms with Crippen LogP contribution >= 0.6 is 0 Å². The fraction of sp³-hybridized carbons (Fsp3) is 0.636. The molecule has 0 atom stereocenters. The second-order valence-electron chi connectivity index (χ2n) is 7.43. The first-order valence-corrected chi connectivity index (χ1v) is 10.6. The first kappa shape index (κ1) is 22.2. The van der Waals surface area contributed by atoms with Crippen molar-refractivity contribution in [3.05, 3.63) is 24.3 Å². The van der Waals surface area contributed by atoms with E-state index in [4.69, 9.17) is 4.74 Å². The minimum atomic E-state index is 0.0540. The molecule has 0 spiro atoms. The molecule has 1 aliphatic rings. The van der Waals surface area contributed by atoms with Gasteiger partial charge in [0, 0.05) is 38.7 Å². The van der Waals surface area contributed by atoms with Crippen molar-refractivity contribution >= 4 is 17.5 Å². The van der Waals surface area contributed by atoms with Gasteiger partial charge in [-0.2, -0.15) is 0 Å². The summed E-state index contributed by atoms with van der Waals surface area (Å²) in [7, 11) is 0. The lowest BCUT2D eigenvalue weighted by atomic mass is 10.2. The van der Waals surface area contributed by atoms with Gasteiger partial charge in [0.1, 0.15) is 5.75 Å². The third kappa shape index (κ3) is 8.30. The highest BCUT2D eigenvalue weighted by atomic mass is 16.5. The monoisotopic (exact) mass is 389 g/mol. The summed E-state index contributed by atoms with van der Waals surface area (Å²) in [6.45, 7) is 9.12. The summed E-state index contributed by atoms with van der Waals surface area (Å²) >= 11 is 0. The number of ether oxygens (including phenoxy) is 1. The first-order chi connectivity index (χ1) is 13.6. The summed E-state index contributed by atoms with van der Waals surface area (Å²) in [5, 5.41) is 2.95. The fourth-order valence-electron chi connectivity index (χ4n) is 3.32. The second kappa shape index (κ2) is 12.4. The van der Waals surface area contributed by atoms with Crippen LogP contribution in [0.5, 0.6) is 5.75 Å². The molecule has 0 unspecified atom stereocenters. The van der Waals surface area contributed by atoms with E-state index < -0.39 is 0 Å². The molecule has 0 bridgehead atoms. The van der Waals surface area contributed by atoms with Gasteiger partial charge in [-0.1, -0.05) is 13.3 Å². The Labute approximate surface area is 169 Å². The van der Waals surface area contributed by atoms with Crippen LogP contribution in [0.3, 0.4) is 0 Å². The topological polar surface area (TPSA) is 61.9 Å². The summed E-state index contributed by atoms with van der Waals surface area (Å²) < 4.78 is 5.63. The molecule has 0 radical (unpaired) electrons. The minimum absolute atomic E-state index is 0.0540. The average molecular weight is 390 g/mol. The minimum Gasteiger partial charge on any atom is -0.494 e. The smallest absolute Gasteiger partial charge is 0.224 e. The number of carbonyl (C=O) groups is 2. The molecule has 2 amide bonds. The summed E-state index contributed by atoms with van der Waals surface area (Å²) in [4.78, 5) is 27.9. The summed E-state index contributed by atoms with van der Waals surface area (Å²) in [5.41, 5.74) is 0.810. The number of rotatable bonds is 10. The van der Waals surface area contributed by atoms with Gasteiger partial charge in [0.2, 0.25) is 11.8 Å². The number of nitrogens with zero attached hydrogens (tertiary/aromatic N) is 2. The molecule has 0 saturated carbocycles. The lowest BCUT2D eigenvalue weighted by Crippen LogP contribution is -2.34. The summed E-state index contributed by atoms with van der Waals surface area (Å²) in [5.74, 6) is 1.06. The molecule has 156 valence electrons. The van der Waals surface area contributed by atoms with Gasteiger partial charge in [-0.15, -0.1) is 0 Å². The van der Waals surface area contributed by atoms with Crippen LogP contribution in [0.15, 0.2) is 24.3 Å². The molecule has 1 N–H and O–H groups in total. The zero-order valence-corrected chi connectivity index (χ0v) is 17.4. The van der Waals surface area contributed by atoms with Gasteiger partial charge in [-0.05, 0) is 63.0 Å². The van der Waals surface area contributed by atoms with E-state index in [1.165, 1.54) is 0 Å². The highest BCUT2D eigenvalue weighted by Gasteiger charge is 2.16. The van der Waals surface area contributed by atoms with Crippen molar-refractivity contribution in [3.63, 3.8) is 0 Å². The van der Waals surface area contributed by atoms with E-state index in [0.717, 1.165) is 82.9 Å². The molecule has 2 rings (SSSR count). The Kier molecular flexibility index (Phi) is 9.83. The maximum atomic E-state index is 12.1.